The standard InChI is InChI=1S/C20H21N5OS/c1-13(27-19-22-18-21-10-7-11-25(18)23-19)16(26)12-17-20(2,3)14-8-5-6-9-15(14)24(17)4/h5-13H,1-4H3/b17-12-. The minimum atomic E-state index is -0.289. The Hall–Kier alpha value is -2.67. The number of likely N-dealkylation sites (N-methyl/N-ethyl adjacent to an activating group) is 1. The van der Waals surface area contributed by atoms with Gasteiger partial charge in [0.05, 0.1) is 5.25 Å². The third-order valence-corrected chi connectivity index (χ3v) is 5.97. The summed E-state index contributed by atoms with van der Waals surface area (Å²) in [6, 6.07) is 10.1. The van der Waals surface area contributed by atoms with Gasteiger partial charge < -0.3 is 4.90 Å². The van der Waals surface area contributed by atoms with E-state index in [2.05, 4.69) is 45.9 Å². The summed E-state index contributed by atoms with van der Waals surface area (Å²) in [6.07, 6.45) is 5.24. The fourth-order valence-corrected chi connectivity index (χ4v) is 4.26. The molecule has 3 aromatic rings. The number of ketones is 1. The highest BCUT2D eigenvalue weighted by Gasteiger charge is 2.38. The summed E-state index contributed by atoms with van der Waals surface area (Å²) in [6.45, 7) is 6.20. The van der Waals surface area contributed by atoms with E-state index in [1.54, 1.807) is 29.1 Å². The Morgan fingerprint density at radius 1 is 1.26 bits per heavy atom. The lowest BCUT2D eigenvalue weighted by Gasteiger charge is -2.24. The van der Waals surface area contributed by atoms with Crippen molar-refractivity contribution in [3.8, 4) is 0 Å². The maximum absolute atomic E-state index is 12.9. The van der Waals surface area contributed by atoms with Crippen molar-refractivity contribution in [2.24, 2.45) is 0 Å². The van der Waals surface area contributed by atoms with Crippen molar-refractivity contribution in [3.05, 3.63) is 60.1 Å². The van der Waals surface area contributed by atoms with Crippen LogP contribution < -0.4 is 4.90 Å². The number of carbonyl (C=O) groups is 1. The SMILES string of the molecule is CC(Sc1nc2ncccn2n1)C(=O)/C=C1\N(C)c2ccccc2C1(C)C. The minimum absolute atomic E-state index is 0.0505. The van der Waals surface area contributed by atoms with Crippen molar-refractivity contribution in [1.82, 2.24) is 19.6 Å². The molecule has 1 unspecified atom stereocenters. The van der Waals surface area contributed by atoms with Gasteiger partial charge in [-0.05, 0) is 24.6 Å². The number of carbonyl (C=O) groups excluding carboxylic acids is 1. The van der Waals surface area contributed by atoms with E-state index in [1.165, 1.54) is 17.3 Å². The fraction of sp³-hybridized carbons (Fsp3) is 0.300. The Kier molecular flexibility index (Phi) is 4.26. The minimum Gasteiger partial charge on any atom is -0.347 e. The number of nitrogens with zero attached hydrogens (tertiary/aromatic N) is 5. The van der Waals surface area contributed by atoms with E-state index in [4.69, 9.17) is 0 Å². The van der Waals surface area contributed by atoms with Gasteiger partial charge in [-0.15, -0.1) is 5.10 Å². The highest BCUT2D eigenvalue weighted by molar-refractivity contribution is 8.00. The molecule has 0 bridgehead atoms. The molecule has 0 spiro atoms. The third-order valence-electron chi connectivity index (χ3n) is 5.00. The summed E-state index contributed by atoms with van der Waals surface area (Å²) in [5.74, 6) is 0.583. The molecule has 2 aromatic heterocycles. The first kappa shape index (κ1) is 17.7. The Morgan fingerprint density at radius 3 is 2.78 bits per heavy atom. The van der Waals surface area contributed by atoms with Crippen LogP contribution in [0.5, 0.6) is 0 Å². The Balaban J connectivity index is 1.57. The zero-order valence-corrected chi connectivity index (χ0v) is 16.6. The summed E-state index contributed by atoms with van der Waals surface area (Å²) in [7, 11) is 2.01. The molecule has 0 aliphatic carbocycles. The predicted octanol–water partition coefficient (Wildman–Crippen LogP) is 3.49. The van der Waals surface area contributed by atoms with Crippen LogP contribution >= 0.6 is 11.8 Å². The Bertz CT molecular complexity index is 1020. The van der Waals surface area contributed by atoms with Crippen LogP contribution in [0.25, 0.3) is 5.78 Å². The molecule has 27 heavy (non-hydrogen) atoms. The van der Waals surface area contributed by atoms with Crippen LogP contribution in [0.15, 0.2) is 59.7 Å². The van der Waals surface area contributed by atoms with Gasteiger partial charge in [0.2, 0.25) is 5.16 Å². The highest BCUT2D eigenvalue weighted by Crippen LogP contribution is 2.46. The predicted molar refractivity (Wildman–Crippen MR) is 107 cm³/mol. The molecule has 0 fully saturated rings. The van der Waals surface area contributed by atoms with E-state index in [0.29, 0.717) is 10.9 Å². The molecule has 4 rings (SSSR count). The van der Waals surface area contributed by atoms with Gasteiger partial charge in [0.1, 0.15) is 0 Å². The fourth-order valence-electron chi connectivity index (χ4n) is 3.49. The Labute approximate surface area is 162 Å². The molecular formula is C20H21N5OS. The van der Waals surface area contributed by atoms with Crippen LogP contribution in [0.2, 0.25) is 0 Å². The molecular weight excluding hydrogens is 358 g/mol. The van der Waals surface area contributed by atoms with Crippen LogP contribution in [0.4, 0.5) is 5.69 Å². The van der Waals surface area contributed by atoms with E-state index in [0.717, 1.165) is 11.4 Å². The number of aromatic nitrogens is 4. The lowest BCUT2D eigenvalue weighted by molar-refractivity contribution is -0.114. The summed E-state index contributed by atoms with van der Waals surface area (Å²) in [5, 5.41) is 4.63. The number of anilines is 1. The quantitative estimate of drug-likeness (QED) is 0.511. The first-order valence-corrected chi connectivity index (χ1v) is 9.69. The topological polar surface area (TPSA) is 63.4 Å². The number of fused-ring (bicyclic) bond motifs is 2. The second-order valence-electron chi connectivity index (χ2n) is 7.15. The van der Waals surface area contributed by atoms with Crippen molar-refractivity contribution in [2.75, 3.05) is 11.9 Å². The molecule has 6 nitrogen and oxygen atoms in total. The number of thioether (sulfide) groups is 1. The van der Waals surface area contributed by atoms with Crippen molar-refractivity contribution >= 4 is 29.0 Å². The van der Waals surface area contributed by atoms with Gasteiger partial charge in [0, 0.05) is 42.3 Å². The molecule has 1 aromatic carbocycles. The van der Waals surface area contributed by atoms with Crippen LogP contribution in [-0.4, -0.2) is 37.7 Å². The normalized spacial score (nSPS) is 18.1. The third kappa shape index (κ3) is 3.02. The van der Waals surface area contributed by atoms with Gasteiger partial charge in [-0.25, -0.2) is 9.50 Å². The first-order chi connectivity index (χ1) is 12.9. The molecule has 0 saturated carbocycles. The maximum atomic E-state index is 12.9. The molecule has 0 amide bonds. The van der Waals surface area contributed by atoms with Gasteiger partial charge in [-0.1, -0.05) is 43.8 Å². The summed E-state index contributed by atoms with van der Waals surface area (Å²) >= 11 is 1.35. The number of rotatable bonds is 4. The van der Waals surface area contributed by atoms with Gasteiger partial charge in [-0.3, -0.25) is 4.79 Å². The number of hydrogen-bond acceptors (Lipinski definition) is 6. The monoisotopic (exact) mass is 379 g/mol. The summed E-state index contributed by atoms with van der Waals surface area (Å²) < 4.78 is 1.61. The van der Waals surface area contributed by atoms with Crippen molar-refractivity contribution < 1.29 is 4.79 Å². The highest BCUT2D eigenvalue weighted by atomic mass is 32.2. The maximum Gasteiger partial charge on any atom is 0.253 e. The second-order valence-corrected chi connectivity index (χ2v) is 8.46. The largest absolute Gasteiger partial charge is 0.347 e. The number of allylic oxidation sites excluding steroid dienone is 2. The van der Waals surface area contributed by atoms with Gasteiger partial charge >= 0.3 is 0 Å². The molecule has 3 heterocycles. The number of para-hydroxylation sites is 1. The Morgan fingerprint density at radius 2 is 2.04 bits per heavy atom. The molecule has 138 valence electrons. The molecule has 1 aliphatic rings. The summed E-state index contributed by atoms with van der Waals surface area (Å²) in [5.41, 5.74) is 3.18. The van der Waals surface area contributed by atoms with Gasteiger partial charge in [0.15, 0.2) is 5.78 Å². The average molecular weight is 379 g/mol. The van der Waals surface area contributed by atoms with E-state index in [1.807, 2.05) is 26.1 Å². The second kappa shape index (κ2) is 6.49. The molecule has 7 heteroatoms. The van der Waals surface area contributed by atoms with Gasteiger partial charge in [-0.2, -0.15) is 4.98 Å². The van der Waals surface area contributed by atoms with Crippen molar-refractivity contribution in [2.45, 2.75) is 36.6 Å². The number of hydrogen-bond donors (Lipinski definition) is 0. The van der Waals surface area contributed by atoms with Gasteiger partial charge in [0.25, 0.3) is 5.78 Å². The zero-order chi connectivity index (χ0) is 19.2. The molecule has 0 saturated heterocycles. The molecule has 0 N–H and O–H groups in total. The van der Waals surface area contributed by atoms with Crippen LogP contribution in [0, 0.1) is 0 Å². The van der Waals surface area contributed by atoms with Crippen LogP contribution in [0.1, 0.15) is 26.3 Å². The summed E-state index contributed by atoms with van der Waals surface area (Å²) in [4.78, 5) is 23.5. The smallest absolute Gasteiger partial charge is 0.253 e. The van der Waals surface area contributed by atoms with E-state index >= 15 is 0 Å². The average Bonchev–Trinajstić information content (AvgIpc) is 3.14. The molecule has 1 aliphatic heterocycles. The molecule has 1 atom stereocenters. The zero-order valence-electron chi connectivity index (χ0n) is 15.7. The number of benzene rings is 1. The van der Waals surface area contributed by atoms with Crippen LogP contribution in [-0.2, 0) is 10.2 Å². The van der Waals surface area contributed by atoms with E-state index in [-0.39, 0.29) is 16.4 Å². The van der Waals surface area contributed by atoms with Crippen LogP contribution in [0.3, 0.4) is 0 Å². The van der Waals surface area contributed by atoms with E-state index in [9.17, 15) is 4.79 Å². The first-order valence-electron chi connectivity index (χ1n) is 8.81. The van der Waals surface area contributed by atoms with Crippen molar-refractivity contribution in [3.63, 3.8) is 0 Å². The lowest BCUT2D eigenvalue weighted by atomic mass is 9.83. The van der Waals surface area contributed by atoms with Crippen molar-refractivity contribution in [1.29, 1.82) is 0 Å². The molecule has 0 radical (unpaired) electrons. The lowest BCUT2D eigenvalue weighted by Crippen LogP contribution is -2.25. The van der Waals surface area contributed by atoms with E-state index < -0.39 is 0 Å².